The molecule has 1 saturated heterocycles. The first-order chi connectivity index (χ1) is 9.67. The Morgan fingerprint density at radius 3 is 2.70 bits per heavy atom. The number of hydrogen-bond donors (Lipinski definition) is 1. The maximum Gasteiger partial charge on any atom is 0.258 e. The van der Waals surface area contributed by atoms with E-state index in [0.717, 1.165) is 32.5 Å². The molecule has 0 aromatic heterocycles. The van der Waals surface area contributed by atoms with Crippen molar-refractivity contribution in [3.05, 3.63) is 29.3 Å². The highest BCUT2D eigenvalue weighted by atomic mass is 35.5. The molecule has 2 fully saturated rings. The molecule has 108 valence electrons. The molecule has 1 aliphatic carbocycles. The van der Waals surface area contributed by atoms with Crippen molar-refractivity contribution < 1.29 is 9.53 Å². The lowest BCUT2D eigenvalue weighted by atomic mass is 10.1. The summed E-state index contributed by atoms with van der Waals surface area (Å²) in [7, 11) is 0. The van der Waals surface area contributed by atoms with Crippen LogP contribution in [-0.2, 0) is 4.79 Å². The summed E-state index contributed by atoms with van der Waals surface area (Å²) in [5.74, 6) is 0.486. The van der Waals surface area contributed by atoms with Crippen molar-refractivity contribution in [3.63, 3.8) is 0 Å². The first-order valence-corrected chi connectivity index (χ1v) is 7.45. The van der Waals surface area contributed by atoms with E-state index in [-0.39, 0.29) is 18.1 Å². The lowest BCUT2D eigenvalue weighted by Crippen LogP contribution is -2.51. The zero-order chi connectivity index (χ0) is 14.0. The quantitative estimate of drug-likeness (QED) is 0.873. The van der Waals surface area contributed by atoms with Crippen molar-refractivity contribution >= 4 is 17.5 Å². The molecule has 5 heteroatoms. The molecule has 1 amide bonds. The summed E-state index contributed by atoms with van der Waals surface area (Å²) in [5.41, 5.74) is 0.00134. The highest BCUT2D eigenvalue weighted by Crippen LogP contribution is 2.37. The zero-order valence-electron chi connectivity index (χ0n) is 11.4. The fourth-order valence-corrected chi connectivity index (χ4v) is 2.67. The van der Waals surface area contributed by atoms with Gasteiger partial charge >= 0.3 is 0 Å². The Morgan fingerprint density at radius 1 is 1.35 bits per heavy atom. The van der Waals surface area contributed by atoms with Crippen molar-refractivity contribution in [3.8, 4) is 5.75 Å². The zero-order valence-corrected chi connectivity index (χ0v) is 12.2. The SMILES string of the molecule is O=C(COc1ccccc1Cl)NC1(CN2CCC2)CC1. The van der Waals surface area contributed by atoms with E-state index in [1.54, 1.807) is 12.1 Å². The van der Waals surface area contributed by atoms with Crippen molar-refractivity contribution in [2.45, 2.75) is 24.8 Å². The molecule has 0 unspecified atom stereocenters. The molecule has 4 nitrogen and oxygen atoms in total. The summed E-state index contributed by atoms with van der Waals surface area (Å²) < 4.78 is 5.46. The average molecular weight is 295 g/mol. The van der Waals surface area contributed by atoms with Gasteiger partial charge in [-0.15, -0.1) is 0 Å². The lowest BCUT2D eigenvalue weighted by Gasteiger charge is -2.34. The van der Waals surface area contributed by atoms with Gasteiger partial charge in [0.2, 0.25) is 0 Å². The minimum Gasteiger partial charge on any atom is -0.482 e. The molecule has 0 spiro atoms. The van der Waals surface area contributed by atoms with Crippen molar-refractivity contribution in [2.24, 2.45) is 0 Å². The van der Waals surface area contributed by atoms with Crippen molar-refractivity contribution in [2.75, 3.05) is 26.2 Å². The number of ether oxygens (including phenoxy) is 1. The van der Waals surface area contributed by atoms with Crippen LogP contribution in [0, 0.1) is 0 Å². The third-order valence-electron chi connectivity index (χ3n) is 3.93. The Hall–Kier alpha value is -1.26. The van der Waals surface area contributed by atoms with Crippen molar-refractivity contribution in [1.29, 1.82) is 0 Å². The highest BCUT2D eigenvalue weighted by Gasteiger charge is 2.45. The number of amides is 1. The Bertz CT molecular complexity index is 498. The molecule has 2 aliphatic rings. The Morgan fingerprint density at radius 2 is 2.10 bits per heavy atom. The molecule has 3 rings (SSSR count). The third-order valence-corrected chi connectivity index (χ3v) is 4.24. The summed E-state index contributed by atoms with van der Waals surface area (Å²) in [6.45, 7) is 3.32. The smallest absolute Gasteiger partial charge is 0.258 e. The number of likely N-dealkylation sites (tertiary alicyclic amines) is 1. The van der Waals surface area contributed by atoms with Crippen LogP contribution in [0.15, 0.2) is 24.3 Å². The summed E-state index contributed by atoms with van der Waals surface area (Å²) in [6, 6.07) is 7.19. The molecule has 0 radical (unpaired) electrons. The molecule has 1 heterocycles. The van der Waals surface area contributed by atoms with Crippen LogP contribution < -0.4 is 10.1 Å². The number of rotatable bonds is 6. The van der Waals surface area contributed by atoms with Crippen LogP contribution >= 0.6 is 11.6 Å². The Kier molecular flexibility index (Phi) is 3.85. The number of hydrogen-bond acceptors (Lipinski definition) is 3. The van der Waals surface area contributed by atoms with Gasteiger partial charge in [-0.1, -0.05) is 23.7 Å². The summed E-state index contributed by atoms with van der Waals surface area (Å²) in [5, 5.41) is 3.64. The van der Waals surface area contributed by atoms with Crippen LogP contribution in [-0.4, -0.2) is 42.6 Å². The highest BCUT2D eigenvalue weighted by molar-refractivity contribution is 6.32. The van der Waals surface area contributed by atoms with Crippen LogP contribution in [0.5, 0.6) is 5.75 Å². The second-order valence-corrected chi connectivity index (χ2v) is 6.08. The Balaban J connectivity index is 1.46. The fraction of sp³-hybridized carbons (Fsp3) is 0.533. The van der Waals surface area contributed by atoms with Gasteiger partial charge in [-0.05, 0) is 44.5 Å². The number of benzene rings is 1. The second kappa shape index (κ2) is 5.62. The number of nitrogens with one attached hydrogen (secondary N) is 1. The lowest BCUT2D eigenvalue weighted by molar-refractivity contribution is -0.124. The van der Waals surface area contributed by atoms with E-state index in [1.165, 1.54) is 6.42 Å². The van der Waals surface area contributed by atoms with Gasteiger partial charge < -0.3 is 15.0 Å². The molecule has 1 saturated carbocycles. The van der Waals surface area contributed by atoms with Gasteiger partial charge in [-0.3, -0.25) is 4.79 Å². The largest absolute Gasteiger partial charge is 0.482 e. The van der Waals surface area contributed by atoms with Gasteiger partial charge in [0.15, 0.2) is 6.61 Å². The fourth-order valence-electron chi connectivity index (χ4n) is 2.48. The van der Waals surface area contributed by atoms with Crippen LogP contribution in [0.25, 0.3) is 0 Å². The van der Waals surface area contributed by atoms with Gasteiger partial charge in [0.25, 0.3) is 5.91 Å². The predicted molar refractivity (Wildman–Crippen MR) is 78.1 cm³/mol. The maximum atomic E-state index is 12.0. The molecule has 1 aromatic rings. The number of para-hydroxylation sites is 1. The molecule has 20 heavy (non-hydrogen) atoms. The van der Waals surface area contributed by atoms with Crippen LogP contribution in [0.1, 0.15) is 19.3 Å². The van der Waals surface area contributed by atoms with Gasteiger partial charge in [0, 0.05) is 6.54 Å². The van der Waals surface area contributed by atoms with E-state index < -0.39 is 0 Å². The third kappa shape index (κ3) is 3.25. The van der Waals surface area contributed by atoms with E-state index in [0.29, 0.717) is 10.8 Å². The minimum absolute atomic E-state index is 0.00134. The number of carbonyl (C=O) groups is 1. The first kappa shape index (κ1) is 13.7. The maximum absolute atomic E-state index is 12.0. The summed E-state index contributed by atoms with van der Waals surface area (Å²) >= 11 is 5.99. The molecule has 1 aromatic carbocycles. The van der Waals surface area contributed by atoms with Crippen LogP contribution in [0.4, 0.5) is 0 Å². The monoisotopic (exact) mass is 294 g/mol. The van der Waals surface area contributed by atoms with E-state index in [2.05, 4.69) is 10.2 Å². The first-order valence-electron chi connectivity index (χ1n) is 7.08. The van der Waals surface area contributed by atoms with Crippen molar-refractivity contribution in [1.82, 2.24) is 10.2 Å². The average Bonchev–Trinajstić information content (AvgIpc) is 3.13. The molecule has 0 bridgehead atoms. The van der Waals surface area contributed by atoms with E-state index in [4.69, 9.17) is 16.3 Å². The van der Waals surface area contributed by atoms with Gasteiger partial charge in [0.05, 0.1) is 10.6 Å². The summed E-state index contributed by atoms with van der Waals surface area (Å²) in [6.07, 6.45) is 3.42. The number of carbonyl (C=O) groups excluding carboxylic acids is 1. The number of nitrogens with zero attached hydrogens (tertiary/aromatic N) is 1. The van der Waals surface area contributed by atoms with Gasteiger partial charge in [0.1, 0.15) is 5.75 Å². The molecule has 1 aliphatic heterocycles. The molecular formula is C15H19ClN2O2. The molecule has 1 N–H and O–H groups in total. The van der Waals surface area contributed by atoms with E-state index >= 15 is 0 Å². The minimum atomic E-state index is -0.0667. The molecular weight excluding hydrogens is 276 g/mol. The predicted octanol–water partition coefficient (Wildman–Crippen LogP) is 2.07. The summed E-state index contributed by atoms with van der Waals surface area (Å²) in [4.78, 5) is 14.4. The molecule has 0 atom stereocenters. The van der Waals surface area contributed by atoms with Gasteiger partial charge in [-0.2, -0.15) is 0 Å². The normalized spacial score (nSPS) is 20.1. The van der Waals surface area contributed by atoms with Crippen LogP contribution in [0.2, 0.25) is 5.02 Å². The number of halogens is 1. The van der Waals surface area contributed by atoms with Crippen LogP contribution in [0.3, 0.4) is 0 Å². The second-order valence-electron chi connectivity index (χ2n) is 5.68. The van der Waals surface area contributed by atoms with Gasteiger partial charge in [-0.25, -0.2) is 0 Å². The topological polar surface area (TPSA) is 41.6 Å². The van der Waals surface area contributed by atoms with E-state index in [9.17, 15) is 4.79 Å². The Labute approximate surface area is 124 Å². The van der Waals surface area contributed by atoms with E-state index in [1.807, 2.05) is 12.1 Å². The standard InChI is InChI=1S/C15H19ClN2O2/c16-12-4-1-2-5-13(12)20-10-14(19)17-15(6-7-15)11-18-8-3-9-18/h1-2,4-5H,3,6-11H2,(H,17,19).